The minimum atomic E-state index is -0.909. The van der Waals surface area contributed by atoms with Crippen LogP contribution in [0.1, 0.15) is 25.3 Å². The monoisotopic (exact) mass is 330 g/mol. The first-order valence-electron chi connectivity index (χ1n) is 8.22. The maximum Gasteiger partial charge on any atom is 0.311 e. The minimum absolute atomic E-state index is 0.176. The van der Waals surface area contributed by atoms with Crippen LogP contribution in [0.5, 0.6) is 0 Å². The standard InChI is InChI=1S/C18H22N2O4/c1-12-3-5-13(6-4-12)20-9-7-14(16(20)22)15(21)19-10-8-18(2,11-19)17(23)24/h3-6,14H,7-11H2,1-2H3,(H,23,24)/t14-,18+/m1/s1. The highest BCUT2D eigenvalue weighted by molar-refractivity contribution is 6.09. The first kappa shape index (κ1) is 16.5. The molecule has 24 heavy (non-hydrogen) atoms. The van der Waals surface area contributed by atoms with E-state index in [-0.39, 0.29) is 18.4 Å². The molecule has 128 valence electrons. The van der Waals surface area contributed by atoms with Crippen LogP contribution in [0.25, 0.3) is 0 Å². The molecule has 0 saturated carbocycles. The summed E-state index contributed by atoms with van der Waals surface area (Å²) in [7, 11) is 0. The second-order valence-electron chi connectivity index (χ2n) is 7.04. The average molecular weight is 330 g/mol. The molecule has 0 unspecified atom stereocenters. The molecule has 6 heteroatoms. The van der Waals surface area contributed by atoms with Gasteiger partial charge in [0.15, 0.2) is 0 Å². The van der Waals surface area contributed by atoms with Gasteiger partial charge in [-0.1, -0.05) is 17.7 Å². The van der Waals surface area contributed by atoms with Crippen LogP contribution in [0, 0.1) is 18.3 Å². The Kier molecular flexibility index (Phi) is 4.07. The second-order valence-corrected chi connectivity index (χ2v) is 7.04. The second kappa shape index (κ2) is 5.92. The highest BCUT2D eigenvalue weighted by atomic mass is 16.4. The van der Waals surface area contributed by atoms with Crippen LogP contribution in [-0.2, 0) is 14.4 Å². The fraction of sp³-hybridized carbons (Fsp3) is 0.500. The fourth-order valence-electron chi connectivity index (χ4n) is 3.43. The first-order chi connectivity index (χ1) is 11.3. The van der Waals surface area contributed by atoms with E-state index in [4.69, 9.17) is 0 Å². The molecule has 2 heterocycles. The topological polar surface area (TPSA) is 77.9 Å². The third-order valence-electron chi connectivity index (χ3n) is 5.15. The van der Waals surface area contributed by atoms with E-state index in [1.165, 1.54) is 4.90 Å². The van der Waals surface area contributed by atoms with Gasteiger partial charge in [-0.05, 0) is 38.8 Å². The summed E-state index contributed by atoms with van der Waals surface area (Å²) in [5.41, 5.74) is 1.01. The first-order valence-corrected chi connectivity index (χ1v) is 8.22. The number of carboxylic acids is 1. The molecule has 2 aliphatic rings. The SMILES string of the molecule is Cc1ccc(N2CC[C@H](C(=O)N3CC[C@](C)(C(=O)O)C3)C2=O)cc1. The van der Waals surface area contributed by atoms with E-state index in [0.717, 1.165) is 11.3 Å². The van der Waals surface area contributed by atoms with Crippen LogP contribution in [0.15, 0.2) is 24.3 Å². The molecule has 0 aliphatic carbocycles. The number of carbonyl (C=O) groups excluding carboxylic acids is 2. The number of hydrogen-bond acceptors (Lipinski definition) is 3. The van der Waals surface area contributed by atoms with Crippen LogP contribution >= 0.6 is 0 Å². The van der Waals surface area contributed by atoms with E-state index in [2.05, 4.69) is 0 Å². The smallest absolute Gasteiger partial charge is 0.311 e. The maximum absolute atomic E-state index is 12.7. The van der Waals surface area contributed by atoms with Gasteiger partial charge in [0.1, 0.15) is 5.92 Å². The summed E-state index contributed by atoms with van der Waals surface area (Å²) >= 11 is 0. The molecule has 3 rings (SSSR count). The van der Waals surface area contributed by atoms with Crippen molar-refractivity contribution in [3.8, 4) is 0 Å². The van der Waals surface area contributed by atoms with E-state index in [1.807, 2.05) is 31.2 Å². The molecule has 1 aromatic carbocycles. The zero-order valence-corrected chi connectivity index (χ0v) is 14.0. The van der Waals surface area contributed by atoms with Gasteiger partial charge in [0, 0.05) is 25.3 Å². The van der Waals surface area contributed by atoms with Gasteiger partial charge in [0.05, 0.1) is 5.41 Å². The molecule has 2 aliphatic heterocycles. The van der Waals surface area contributed by atoms with Crippen LogP contribution < -0.4 is 4.90 Å². The molecule has 2 saturated heterocycles. The van der Waals surface area contributed by atoms with E-state index >= 15 is 0 Å². The van der Waals surface area contributed by atoms with Crippen molar-refractivity contribution in [2.75, 3.05) is 24.5 Å². The molecular weight excluding hydrogens is 308 g/mol. The molecule has 6 nitrogen and oxygen atoms in total. The summed E-state index contributed by atoms with van der Waals surface area (Å²) in [5, 5.41) is 9.29. The number of hydrogen-bond donors (Lipinski definition) is 1. The third-order valence-corrected chi connectivity index (χ3v) is 5.15. The lowest BCUT2D eigenvalue weighted by Crippen LogP contribution is -2.41. The van der Waals surface area contributed by atoms with Gasteiger partial charge in [-0.15, -0.1) is 0 Å². The normalized spacial score (nSPS) is 26.9. The Morgan fingerprint density at radius 1 is 1.21 bits per heavy atom. The predicted octanol–water partition coefficient (Wildman–Crippen LogP) is 1.67. The lowest BCUT2D eigenvalue weighted by atomic mass is 9.90. The lowest BCUT2D eigenvalue weighted by molar-refractivity contribution is -0.147. The van der Waals surface area contributed by atoms with Gasteiger partial charge < -0.3 is 14.9 Å². The van der Waals surface area contributed by atoms with Gasteiger partial charge in [-0.25, -0.2) is 0 Å². The number of aliphatic carboxylic acids is 1. The summed E-state index contributed by atoms with van der Waals surface area (Å²) in [4.78, 5) is 39.8. The summed E-state index contributed by atoms with van der Waals surface area (Å²) in [6.45, 7) is 4.72. The number of anilines is 1. The van der Waals surface area contributed by atoms with Gasteiger partial charge in [-0.3, -0.25) is 14.4 Å². The van der Waals surface area contributed by atoms with Gasteiger partial charge >= 0.3 is 5.97 Å². The van der Waals surface area contributed by atoms with Crippen molar-refractivity contribution in [2.24, 2.45) is 11.3 Å². The molecule has 0 aromatic heterocycles. The average Bonchev–Trinajstić information content (AvgIpc) is 3.12. The van der Waals surface area contributed by atoms with Gasteiger partial charge in [0.2, 0.25) is 11.8 Å². The predicted molar refractivity (Wildman–Crippen MR) is 88.6 cm³/mol. The van der Waals surface area contributed by atoms with E-state index in [1.54, 1.807) is 11.8 Å². The summed E-state index contributed by atoms with van der Waals surface area (Å²) in [5.74, 6) is -2.01. The van der Waals surface area contributed by atoms with Crippen molar-refractivity contribution in [2.45, 2.75) is 26.7 Å². The van der Waals surface area contributed by atoms with Crippen LogP contribution in [-0.4, -0.2) is 47.4 Å². The highest BCUT2D eigenvalue weighted by Crippen LogP contribution is 2.33. The summed E-state index contributed by atoms with van der Waals surface area (Å²) in [6.07, 6.45) is 0.905. The Morgan fingerprint density at radius 2 is 1.88 bits per heavy atom. The van der Waals surface area contributed by atoms with Crippen LogP contribution in [0.3, 0.4) is 0 Å². The molecular formula is C18H22N2O4. The molecule has 2 amide bonds. The Hall–Kier alpha value is -2.37. The molecule has 0 spiro atoms. The third kappa shape index (κ3) is 2.77. The number of benzene rings is 1. The van der Waals surface area contributed by atoms with Crippen LogP contribution in [0.4, 0.5) is 5.69 Å². The van der Waals surface area contributed by atoms with Crippen LogP contribution in [0.2, 0.25) is 0 Å². The van der Waals surface area contributed by atoms with Crippen molar-refractivity contribution < 1.29 is 19.5 Å². The van der Waals surface area contributed by atoms with Crippen molar-refractivity contribution >= 4 is 23.5 Å². The Balaban J connectivity index is 1.70. The van der Waals surface area contributed by atoms with E-state index in [0.29, 0.717) is 25.9 Å². The van der Waals surface area contributed by atoms with E-state index < -0.39 is 17.3 Å². The molecule has 2 atom stereocenters. The molecule has 1 aromatic rings. The number of carboxylic acid groups (broad SMARTS) is 1. The summed E-state index contributed by atoms with van der Waals surface area (Å²) < 4.78 is 0. The number of nitrogens with zero attached hydrogens (tertiary/aromatic N) is 2. The minimum Gasteiger partial charge on any atom is -0.481 e. The van der Waals surface area contributed by atoms with Gasteiger partial charge in [0.25, 0.3) is 0 Å². The fourth-order valence-corrected chi connectivity index (χ4v) is 3.43. The van der Waals surface area contributed by atoms with E-state index in [9.17, 15) is 19.5 Å². The Morgan fingerprint density at radius 3 is 2.46 bits per heavy atom. The molecule has 1 N–H and O–H groups in total. The highest BCUT2D eigenvalue weighted by Gasteiger charge is 2.46. The molecule has 0 radical (unpaired) electrons. The van der Waals surface area contributed by atoms with Crippen molar-refractivity contribution in [1.29, 1.82) is 0 Å². The van der Waals surface area contributed by atoms with Crippen molar-refractivity contribution in [3.05, 3.63) is 29.8 Å². The van der Waals surface area contributed by atoms with Crippen molar-refractivity contribution in [1.82, 2.24) is 4.90 Å². The summed E-state index contributed by atoms with van der Waals surface area (Å²) in [6, 6.07) is 7.65. The quantitative estimate of drug-likeness (QED) is 0.855. The Bertz CT molecular complexity index is 685. The molecule has 0 bridgehead atoms. The van der Waals surface area contributed by atoms with Crippen molar-refractivity contribution in [3.63, 3.8) is 0 Å². The zero-order valence-electron chi connectivity index (χ0n) is 14.0. The Labute approximate surface area is 141 Å². The lowest BCUT2D eigenvalue weighted by Gasteiger charge is -2.22. The zero-order chi connectivity index (χ0) is 17.5. The number of amides is 2. The maximum atomic E-state index is 12.7. The van der Waals surface area contributed by atoms with Gasteiger partial charge in [-0.2, -0.15) is 0 Å². The number of carbonyl (C=O) groups is 3. The largest absolute Gasteiger partial charge is 0.481 e. The molecule has 2 fully saturated rings. The number of rotatable bonds is 3. The number of likely N-dealkylation sites (tertiary alicyclic amines) is 1. The number of aryl methyl sites for hydroxylation is 1.